The van der Waals surface area contributed by atoms with E-state index in [-0.39, 0.29) is 0 Å². The first-order valence-electron chi connectivity index (χ1n) is 11.6. The molecule has 3 unspecified atom stereocenters. The Bertz CT molecular complexity index is 622. The molecule has 0 N–H and O–H groups in total. The smallest absolute Gasteiger partial charge is 0.00764 e. The van der Waals surface area contributed by atoms with Gasteiger partial charge in [0.05, 0.1) is 0 Å². The topological polar surface area (TPSA) is 0 Å². The lowest BCUT2D eigenvalue weighted by Crippen LogP contribution is -1.90. The third-order valence-electron chi connectivity index (χ3n) is 5.57. The van der Waals surface area contributed by atoms with Gasteiger partial charge in [-0.05, 0) is 67.7 Å². The van der Waals surface area contributed by atoms with Crippen LogP contribution >= 0.6 is 22.7 Å². The van der Waals surface area contributed by atoms with E-state index in [0.29, 0.717) is 0 Å². The Morgan fingerprint density at radius 1 is 0.607 bits per heavy atom. The minimum absolute atomic E-state index is 0.752. The number of aryl methyl sites for hydroxylation is 1. The average Bonchev–Trinajstić information content (AvgIpc) is 3.36. The summed E-state index contributed by atoms with van der Waals surface area (Å²) in [4.78, 5) is 6.26. The van der Waals surface area contributed by atoms with E-state index in [1.54, 1.807) is 14.6 Å². The number of rotatable bonds is 11. The van der Waals surface area contributed by atoms with Crippen LogP contribution in [-0.4, -0.2) is 0 Å². The molecule has 0 saturated carbocycles. The average molecular weight is 421 g/mol. The van der Waals surface area contributed by atoms with Crippen LogP contribution in [0.25, 0.3) is 0 Å². The van der Waals surface area contributed by atoms with E-state index < -0.39 is 0 Å². The van der Waals surface area contributed by atoms with Gasteiger partial charge in [0.25, 0.3) is 0 Å². The summed E-state index contributed by atoms with van der Waals surface area (Å²) in [6.07, 6.45) is 10.4. The van der Waals surface area contributed by atoms with Crippen molar-refractivity contribution >= 4 is 22.7 Å². The molecule has 28 heavy (non-hydrogen) atoms. The van der Waals surface area contributed by atoms with Gasteiger partial charge in [-0.2, -0.15) is 0 Å². The normalized spacial score (nSPS) is 14.2. The van der Waals surface area contributed by atoms with Gasteiger partial charge in [-0.3, -0.25) is 0 Å². The quantitative estimate of drug-likeness (QED) is 0.339. The molecule has 2 aromatic rings. The molecule has 0 radical (unpaired) electrons. The second kappa shape index (κ2) is 14.4. The lowest BCUT2D eigenvalue weighted by molar-refractivity contribution is 0.632. The summed E-state index contributed by atoms with van der Waals surface area (Å²) in [6, 6.07) is 9.27. The van der Waals surface area contributed by atoms with Crippen molar-refractivity contribution in [2.45, 2.75) is 118 Å². The minimum Gasteiger partial charge on any atom is -0.145 e. The predicted molar refractivity (Wildman–Crippen MR) is 133 cm³/mol. The second-order valence-corrected chi connectivity index (χ2v) is 10.7. The van der Waals surface area contributed by atoms with E-state index in [2.05, 4.69) is 72.7 Å². The Labute approximate surface area is 183 Å². The van der Waals surface area contributed by atoms with Crippen molar-refractivity contribution in [3.8, 4) is 0 Å². The van der Waals surface area contributed by atoms with Crippen molar-refractivity contribution in [1.29, 1.82) is 0 Å². The Kier molecular flexibility index (Phi) is 13.1. The van der Waals surface area contributed by atoms with Crippen LogP contribution < -0.4 is 0 Å². The summed E-state index contributed by atoms with van der Waals surface area (Å²) < 4.78 is 0. The van der Waals surface area contributed by atoms with Crippen molar-refractivity contribution in [2.24, 2.45) is 0 Å². The molecule has 0 spiro atoms. The maximum atomic E-state index is 2.37. The highest BCUT2D eigenvalue weighted by Crippen LogP contribution is 2.33. The SMILES string of the molecule is CCCC(C)c1ccc(CC)s1.CCCCC(C)c1ccc(C(C)CCC)s1. The summed E-state index contributed by atoms with van der Waals surface area (Å²) in [5, 5.41) is 0. The molecule has 0 aliphatic heterocycles. The molecule has 0 fully saturated rings. The van der Waals surface area contributed by atoms with Crippen molar-refractivity contribution in [3.05, 3.63) is 43.8 Å². The van der Waals surface area contributed by atoms with Crippen LogP contribution in [0.2, 0.25) is 0 Å². The van der Waals surface area contributed by atoms with Crippen molar-refractivity contribution in [3.63, 3.8) is 0 Å². The second-order valence-electron chi connectivity index (χ2n) is 8.32. The van der Waals surface area contributed by atoms with E-state index in [1.165, 1.54) is 56.2 Å². The highest BCUT2D eigenvalue weighted by atomic mass is 32.1. The van der Waals surface area contributed by atoms with Crippen LogP contribution in [0, 0.1) is 0 Å². The van der Waals surface area contributed by atoms with Crippen LogP contribution in [0.5, 0.6) is 0 Å². The van der Waals surface area contributed by atoms with Gasteiger partial charge in [-0.25, -0.2) is 0 Å². The summed E-state index contributed by atoms with van der Waals surface area (Å²) in [5.41, 5.74) is 0. The van der Waals surface area contributed by atoms with Crippen molar-refractivity contribution in [1.82, 2.24) is 0 Å². The van der Waals surface area contributed by atoms with E-state index in [1.807, 2.05) is 22.7 Å². The van der Waals surface area contributed by atoms with Gasteiger partial charge in [0, 0.05) is 19.5 Å². The van der Waals surface area contributed by atoms with E-state index in [4.69, 9.17) is 0 Å². The van der Waals surface area contributed by atoms with Gasteiger partial charge in [0.15, 0.2) is 0 Å². The number of hydrogen-bond acceptors (Lipinski definition) is 2. The fraction of sp³-hybridized carbons (Fsp3) is 0.692. The highest BCUT2D eigenvalue weighted by molar-refractivity contribution is 7.12. The molecular weight excluding hydrogens is 376 g/mol. The van der Waals surface area contributed by atoms with Crippen LogP contribution in [0.3, 0.4) is 0 Å². The van der Waals surface area contributed by atoms with Gasteiger partial charge >= 0.3 is 0 Å². The van der Waals surface area contributed by atoms with Crippen molar-refractivity contribution in [2.75, 3.05) is 0 Å². The molecule has 2 aromatic heterocycles. The molecule has 0 aliphatic rings. The third-order valence-corrected chi connectivity index (χ3v) is 8.58. The summed E-state index contributed by atoms with van der Waals surface area (Å²) in [6.45, 7) is 16.1. The molecule has 0 nitrogen and oxygen atoms in total. The highest BCUT2D eigenvalue weighted by Gasteiger charge is 2.11. The molecular formula is C26H44S2. The monoisotopic (exact) mass is 420 g/mol. The first-order valence-corrected chi connectivity index (χ1v) is 13.3. The molecule has 3 atom stereocenters. The first kappa shape index (κ1) is 25.4. The van der Waals surface area contributed by atoms with Crippen LogP contribution in [0.4, 0.5) is 0 Å². The van der Waals surface area contributed by atoms with Gasteiger partial charge < -0.3 is 0 Å². The van der Waals surface area contributed by atoms with Crippen molar-refractivity contribution < 1.29 is 0 Å². The Morgan fingerprint density at radius 3 is 1.50 bits per heavy atom. The van der Waals surface area contributed by atoms with Gasteiger partial charge in [-0.1, -0.05) is 74.1 Å². The zero-order chi connectivity index (χ0) is 20.9. The molecule has 0 aliphatic carbocycles. The summed E-state index contributed by atoms with van der Waals surface area (Å²) >= 11 is 4.02. The standard InChI is InChI=1S/C15H26S.C11H18S/c1-5-7-9-13(4)15-11-10-14(16-15)12(3)8-6-2;1-4-6-9(3)11-8-7-10(5-2)12-11/h10-13H,5-9H2,1-4H3;7-9H,4-6H2,1-3H3. The zero-order valence-corrected chi connectivity index (χ0v) is 21.1. The fourth-order valence-electron chi connectivity index (χ4n) is 3.55. The molecule has 160 valence electrons. The molecule has 0 amide bonds. The lowest BCUT2D eigenvalue weighted by atomic mass is 10.0. The molecule has 2 heteroatoms. The van der Waals surface area contributed by atoms with E-state index in [9.17, 15) is 0 Å². The molecule has 0 aromatic carbocycles. The van der Waals surface area contributed by atoms with E-state index in [0.717, 1.165) is 17.8 Å². The first-order chi connectivity index (χ1) is 13.5. The number of thiophene rings is 2. The molecule has 0 saturated heterocycles. The van der Waals surface area contributed by atoms with Gasteiger partial charge in [-0.15, -0.1) is 22.7 Å². The Morgan fingerprint density at radius 2 is 1.07 bits per heavy atom. The Hall–Kier alpha value is -0.600. The molecule has 2 heterocycles. The molecule has 0 bridgehead atoms. The Balaban J connectivity index is 0.000000292. The van der Waals surface area contributed by atoms with E-state index >= 15 is 0 Å². The number of unbranched alkanes of at least 4 members (excludes halogenated alkanes) is 1. The summed E-state index contributed by atoms with van der Waals surface area (Å²) in [5.74, 6) is 2.27. The van der Waals surface area contributed by atoms with Gasteiger partial charge in [0.2, 0.25) is 0 Å². The van der Waals surface area contributed by atoms with Crippen LogP contribution in [0.15, 0.2) is 24.3 Å². The lowest BCUT2D eigenvalue weighted by Gasteiger charge is -2.09. The molecule has 2 rings (SSSR count). The maximum Gasteiger partial charge on any atom is 0.00764 e. The zero-order valence-electron chi connectivity index (χ0n) is 19.5. The fourth-order valence-corrected chi connectivity index (χ4v) is 5.77. The minimum atomic E-state index is 0.752. The van der Waals surface area contributed by atoms with Crippen LogP contribution in [-0.2, 0) is 6.42 Å². The predicted octanol–water partition coefficient (Wildman–Crippen LogP) is 10.2. The number of hydrogen-bond donors (Lipinski definition) is 0. The summed E-state index contributed by atoms with van der Waals surface area (Å²) in [7, 11) is 0. The van der Waals surface area contributed by atoms with Gasteiger partial charge in [0.1, 0.15) is 0 Å². The largest absolute Gasteiger partial charge is 0.145 e. The maximum absolute atomic E-state index is 2.37. The van der Waals surface area contributed by atoms with Crippen LogP contribution in [0.1, 0.15) is 131 Å². The third kappa shape index (κ3) is 8.82.